The molecule has 1 fully saturated rings. The highest BCUT2D eigenvalue weighted by molar-refractivity contribution is 5.88. The Labute approximate surface area is 101 Å². The first kappa shape index (κ1) is 11.7. The zero-order valence-corrected chi connectivity index (χ0v) is 9.98. The summed E-state index contributed by atoms with van der Waals surface area (Å²) in [5.41, 5.74) is 0.716. The van der Waals surface area contributed by atoms with Crippen LogP contribution in [0.25, 0.3) is 0 Å². The van der Waals surface area contributed by atoms with E-state index in [1.807, 2.05) is 6.07 Å². The molecule has 0 spiro atoms. The van der Waals surface area contributed by atoms with Crippen molar-refractivity contribution in [2.75, 3.05) is 29.9 Å². The van der Waals surface area contributed by atoms with E-state index in [0.29, 0.717) is 12.3 Å². The number of anilines is 2. The number of nitrogens with zero attached hydrogens (tertiary/aromatic N) is 2. The van der Waals surface area contributed by atoms with E-state index in [9.17, 15) is 4.79 Å². The molecule has 92 valence electrons. The Kier molecular flexibility index (Phi) is 3.80. The van der Waals surface area contributed by atoms with E-state index in [1.165, 1.54) is 12.8 Å². The summed E-state index contributed by atoms with van der Waals surface area (Å²) in [5.74, 6) is 0.832. The number of hydrogen-bond acceptors (Lipinski definition) is 4. The van der Waals surface area contributed by atoms with E-state index in [0.717, 1.165) is 18.9 Å². The molecule has 0 saturated carbocycles. The van der Waals surface area contributed by atoms with Crippen LogP contribution in [-0.4, -0.2) is 30.8 Å². The summed E-state index contributed by atoms with van der Waals surface area (Å²) in [6.45, 7) is 4.14. The first-order chi connectivity index (χ1) is 8.31. The predicted molar refractivity (Wildman–Crippen MR) is 66.3 cm³/mol. The first-order valence-corrected chi connectivity index (χ1v) is 5.95. The Morgan fingerprint density at radius 1 is 1.53 bits per heavy atom. The van der Waals surface area contributed by atoms with Gasteiger partial charge in [0.05, 0.1) is 12.3 Å². The molecule has 0 unspecified atom stereocenters. The molecule has 2 heterocycles. The molecular weight excluding hydrogens is 218 g/mol. The van der Waals surface area contributed by atoms with Crippen LogP contribution in [0.15, 0.2) is 18.3 Å². The average molecular weight is 235 g/mol. The van der Waals surface area contributed by atoms with Crippen molar-refractivity contribution in [2.24, 2.45) is 0 Å². The lowest BCUT2D eigenvalue weighted by atomic mass is 10.3. The van der Waals surface area contributed by atoms with Gasteiger partial charge in [0.15, 0.2) is 5.82 Å². The lowest BCUT2D eigenvalue weighted by Gasteiger charge is -2.19. The van der Waals surface area contributed by atoms with Crippen LogP contribution in [0.5, 0.6) is 0 Å². The summed E-state index contributed by atoms with van der Waals surface area (Å²) in [7, 11) is 0. The average Bonchev–Trinajstić information content (AvgIpc) is 2.83. The monoisotopic (exact) mass is 235 g/mol. The number of carbonyl (C=O) groups is 1. The molecule has 5 heteroatoms. The van der Waals surface area contributed by atoms with Crippen molar-refractivity contribution >= 4 is 17.6 Å². The van der Waals surface area contributed by atoms with Gasteiger partial charge in [-0.05, 0) is 31.9 Å². The molecule has 0 aliphatic carbocycles. The van der Waals surface area contributed by atoms with Crippen molar-refractivity contribution in [3.63, 3.8) is 0 Å². The van der Waals surface area contributed by atoms with Gasteiger partial charge < -0.3 is 9.64 Å². The van der Waals surface area contributed by atoms with Crippen molar-refractivity contribution < 1.29 is 9.53 Å². The fourth-order valence-electron chi connectivity index (χ4n) is 1.95. The number of rotatable bonds is 3. The summed E-state index contributed by atoms with van der Waals surface area (Å²) in [6, 6.07) is 3.65. The molecule has 1 amide bonds. The second-order valence-electron chi connectivity index (χ2n) is 3.91. The third-order valence-electron chi connectivity index (χ3n) is 2.70. The molecule has 1 aliphatic rings. The highest BCUT2D eigenvalue weighted by Gasteiger charge is 2.17. The first-order valence-electron chi connectivity index (χ1n) is 5.95. The Hall–Kier alpha value is -1.78. The molecule has 5 nitrogen and oxygen atoms in total. The van der Waals surface area contributed by atoms with Crippen LogP contribution in [0, 0.1) is 0 Å². The van der Waals surface area contributed by atoms with Crippen LogP contribution in [0.1, 0.15) is 19.8 Å². The molecule has 0 atom stereocenters. The molecule has 0 bridgehead atoms. The van der Waals surface area contributed by atoms with Gasteiger partial charge in [0, 0.05) is 19.3 Å². The zero-order chi connectivity index (χ0) is 12.1. The third-order valence-corrected chi connectivity index (χ3v) is 2.70. The van der Waals surface area contributed by atoms with Gasteiger partial charge in [0.1, 0.15) is 0 Å². The van der Waals surface area contributed by atoms with Crippen molar-refractivity contribution in [3.05, 3.63) is 18.3 Å². The van der Waals surface area contributed by atoms with Crippen molar-refractivity contribution in [1.82, 2.24) is 4.98 Å². The van der Waals surface area contributed by atoms with Gasteiger partial charge in [-0.3, -0.25) is 5.32 Å². The van der Waals surface area contributed by atoms with Gasteiger partial charge >= 0.3 is 6.09 Å². The van der Waals surface area contributed by atoms with Crippen molar-refractivity contribution in [2.45, 2.75) is 19.8 Å². The minimum atomic E-state index is -0.430. The molecule has 1 N–H and O–H groups in total. The summed E-state index contributed by atoms with van der Waals surface area (Å²) in [4.78, 5) is 17.9. The number of carbonyl (C=O) groups excluding carboxylic acids is 1. The number of ether oxygens (including phenoxy) is 1. The SMILES string of the molecule is CCOC(=O)Nc1cccnc1N1CCCC1. The van der Waals surface area contributed by atoms with Crippen LogP contribution in [0.2, 0.25) is 0 Å². The number of pyridine rings is 1. The highest BCUT2D eigenvalue weighted by Crippen LogP contribution is 2.25. The van der Waals surface area contributed by atoms with E-state index in [1.54, 1.807) is 19.2 Å². The van der Waals surface area contributed by atoms with Gasteiger partial charge in [-0.1, -0.05) is 0 Å². The fourth-order valence-corrected chi connectivity index (χ4v) is 1.95. The van der Waals surface area contributed by atoms with Crippen LogP contribution < -0.4 is 10.2 Å². The van der Waals surface area contributed by atoms with E-state index in [2.05, 4.69) is 15.2 Å². The summed E-state index contributed by atoms with van der Waals surface area (Å²) < 4.78 is 4.87. The smallest absolute Gasteiger partial charge is 0.411 e. The van der Waals surface area contributed by atoms with Gasteiger partial charge in [0.2, 0.25) is 0 Å². The van der Waals surface area contributed by atoms with E-state index in [4.69, 9.17) is 4.74 Å². The molecule has 17 heavy (non-hydrogen) atoms. The number of nitrogens with one attached hydrogen (secondary N) is 1. The van der Waals surface area contributed by atoms with Crippen LogP contribution in [-0.2, 0) is 4.74 Å². The molecule has 0 aromatic carbocycles. The Bertz CT molecular complexity index is 389. The minimum absolute atomic E-state index is 0.366. The quantitative estimate of drug-likeness (QED) is 0.873. The fraction of sp³-hybridized carbons (Fsp3) is 0.500. The summed E-state index contributed by atoms with van der Waals surface area (Å²) in [5, 5.41) is 2.72. The topological polar surface area (TPSA) is 54.5 Å². The van der Waals surface area contributed by atoms with Gasteiger partial charge in [0.25, 0.3) is 0 Å². The molecule has 1 saturated heterocycles. The summed E-state index contributed by atoms with van der Waals surface area (Å²) in [6.07, 6.45) is 3.66. The molecular formula is C12H17N3O2. The third kappa shape index (κ3) is 2.87. The van der Waals surface area contributed by atoms with E-state index in [-0.39, 0.29) is 0 Å². The lowest BCUT2D eigenvalue weighted by molar-refractivity contribution is 0.168. The molecule has 1 aliphatic heterocycles. The maximum atomic E-state index is 11.4. The van der Waals surface area contributed by atoms with Gasteiger partial charge in [-0.25, -0.2) is 9.78 Å². The second-order valence-corrected chi connectivity index (χ2v) is 3.91. The van der Waals surface area contributed by atoms with Gasteiger partial charge in [-0.15, -0.1) is 0 Å². The standard InChI is InChI=1S/C12H17N3O2/c1-2-17-12(16)14-10-6-5-7-13-11(10)15-8-3-4-9-15/h5-7H,2-4,8-9H2,1H3,(H,14,16). The maximum absolute atomic E-state index is 11.4. The van der Waals surface area contributed by atoms with E-state index < -0.39 is 6.09 Å². The van der Waals surface area contributed by atoms with Crippen LogP contribution in [0.3, 0.4) is 0 Å². The molecule has 1 aromatic rings. The Morgan fingerprint density at radius 3 is 3.00 bits per heavy atom. The van der Waals surface area contributed by atoms with Crippen LogP contribution in [0.4, 0.5) is 16.3 Å². The van der Waals surface area contributed by atoms with Gasteiger partial charge in [-0.2, -0.15) is 0 Å². The van der Waals surface area contributed by atoms with Crippen molar-refractivity contribution in [1.29, 1.82) is 0 Å². The van der Waals surface area contributed by atoms with Crippen LogP contribution >= 0.6 is 0 Å². The number of hydrogen-bond donors (Lipinski definition) is 1. The number of amides is 1. The normalized spacial score (nSPS) is 14.8. The predicted octanol–water partition coefficient (Wildman–Crippen LogP) is 2.25. The lowest BCUT2D eigenvalue weighted by Crippen LogP contribution is -2.22. The second kappa shape index (κ2) is 5.52. The molecule has 2 rings (SSSR count). The zero-order valence-electron chi connectivity index (χ0n) is 9.98. The summed E-state index contributed by atoms with van der Waals surface area (Å²) >= 11 is 0. The minimum Gasteiger partial charge on any atom is -0.450 e. The van der Waals surface area contributed by atoms with E-state index >= 15 is 0 Å². The highest BCUT2D eigenvalue weighted by atomic mass is 16.5. The maximum Gasteiger partial charge on any atom is 0.411 e. The molecule has 1 aromatic heterocycles. The number of aromatic nitrogens is 1. The van der Waals surface area contributed by atoms with Crippen molar-refractivity contribution in [3.8, 4) is 0 Å². The largest absolute Gasteiger partial charge is 0.450 e. The Balaban J connectivity index is 2.12. The Morgan fingerprint density at radius 2 is 2.29 bits per heavy atom. The molecule has 0 radical (unpaired) electrons.